The first-order valence-electron chi connectivity index (χ1n) is 6.38. The lowest BCUT2D eigenvalue weighted by Gasteiger charge is -2.31. The Balaban J connectivity index is 0. The molecule has 2 heteroatoms. The zero-order chi connectivity index (χ0) is 12.4. The van der Waals surface area contributed by atoms with Crippen LogP contribution in [0.15, 0.2) is 11.9 Å². The average molecular weight is 214 g/mol. The molecule has 1 rings (SSSR count). The first-order chi connectivity index (χ1) is 7.16. The lowest BCUT2D eigenvalue weighted by Crippen LogP contribution is -2.40. The normalized spacial score (nSPS) is 18.3. The molecule has 1 unspecified atom stereocenters. The highest BCUT2D eigenvalue weighted by atomic mass is 15.3. The van der Waals surface area contributed by atoms with E-state index >= 15 is 0 Å². The number of nitrogens with zero attached hydrogens (tertiary/aromatic N) is 1. The van der Waals surface area contributed by atoms with Crippen LogP contribution in [0.5, 0.6) is 0 Å². The molecule has 1 aliphatic heterocycles. The van der Waals surface area contributed by atoms with Crippen molar-refractivity contribution in [2.75, 3.05) is 0 Å². The third kappa shape index (κ3) is 5.10. The van der Waals surface area contributed by atoms with Gasteiger partial charge < -0.3 is 10.2 Å². The van der Waals surface area contributed by atoms with Gasteiger partial charge in [-0.15, -0.1) is 0 Å². The van der Waals surface area contributed by atoms with E-state index in [0.717, 1.165) is 6.42 Å². The van der Waals surface area contributed by atoms with E-state index in [0.29, 0.717) is 12.2 Å². The van der Waals surface area contributed by atoms with Gasteiger partial charge in [0.05, 0.1) is 6.17 Å². The van der Waals surface area contributed by atoms with Gasteiger partial charge in [0.1, 0.15) is 0 Å². The smallest absolute Gasteiger partial charge is 0.0983 e. The zero-order valence-corrected chi connectivity index (χ0v) is 11.9. The van der Waals surface area contributed by atoms with Crippen LogP contribution in [0, 0.1) is 0 Å². The molecule has 15 heavy (non-hydrogen) atoms. The van der Waals surface area contributed by atoms with Gasteiger partial charge in [-0.1, -0.05) is 34.6 Å². The van der Waals surface area contributed by atoms with Gasteiger partial charge in [0.2, 0.25) is 0 Å². The van der Waals surface area contributed by atoms with Gasteiger partial charge in [0.25, 0.3) is 0 Å². The standard InChI is InChI=1S/C9H18N2.2C2H6/c1-5-9-10-6-8(4)11(9)7(2)3;2*1-2/h6-7,9-10H,5H2,1-4H3;2*1-2H3. The fraction of sp³-hybridized carbons (Fsp3) is 0.846. The first kappa shape index (κ1) is 16.8. The summed E-state index contributed by atoms with van der Waals surface area (Å²) in [6.07, 6.45) is 3.79. The van der Waals surface area contributed by atoms with E-state index in [4.69, 9.17) is 0 Å². The fourth-order valence-electron chi connectivity index (χ4n) is 1.70. The van der Waals surface area contributed by atoms with Gasteiger partial charge in [-0.05, 0) is 27.2 Å². The SMILES string of the molecule is CC.CC.CCC1NC=C(C)N1C(C)C. The second kappa shape index (κ2) is 9.88. The summed E-state index contributed by atoms with van der Waals surface area (Å²) in [5.74, 6) is 0. The van der Waals surface area contributed by atoms with Crippen molar-refractivity contribution in [1.29, 1.82) is 0 Å². The van der Waals surface area contributed by atoms with Gasteiger partial charge >= 0.3 is 0 Å². The lowest BCUT2D eigenvalue weighted by molar-refractivity contribution is 0.207. The fourth-order valence-corrected chi connectivity index (χ4v) is 1.70. The van der Waals surface area contributed by atoms with Crippen molar-refractivity contribution in [2.45, 2.75) is 74.0 Å². The minimum absolute atomic E-state index is 0.523. The maximum Gasteiger partial charge on any atom is 0.0983 e. The molecule has 0 aromatic rings. The van der Waals surface area contributed by atoms with E-state index in [-0.39, 0.29) is 0 Å². The monoisotopic (exact) mass is 214 g/mol. The molecule has 0 aromatic carbocycles. The Morgan fingerprint density at radius 2 is 1.73 bits per heavy atom. The lowest BCUT2D eigenvalue weighted by atomic mass is 10.2. The van der Waals surface area contributed by atoms with Crippen LogP contribution < -0.4 is 5.32 Å². The number of hydrogen-bond acceptors (Lipinski definition) is 2. The molecule has 1 atom stereocenters. The van der Waals surface area contributed by atoms with Gasteiger partial charge in [-0.3, -0.25) is 0 Å². The molecule has 0 aromatic heterocycles. The molecular formula is C13H30N2. The Hall–Kier alpha value is -0.660. The number of nitrogens with one attached hydrogen (secondary N) is 1. The Bertz CT molecular complexity index is 162. The predicted molar refractivity (Wildman–Crippen MR) is 70.6 cm³/mol. The quantitative estimate of drug-likeness (QED) is 0.749. The third-order valence-corrected chi connectivity index (χ3v) is 2.17. The molecule has 0 saturated heterocycles. The number of rotatable bonds is 2. The highest BCUT2D eigenvalue weighted by Crippen LogP contribution is 2.18. The highest BCUT2D eigenvalue weighted by Gasteiger charge is 2.22. The molecule has 0 radical (unpaired) electrons. The molecule has 92 valence electrons. The molecule has 2 nitrogen and oxygen atoms in total. The van der Waals surface area contributed by atoms with Gasteiger partial charge in [-0.2, -0.15) is 0 Å². The molecule has 0 fully saturated rings. The van der Waals surface area contributed by atoms with Crippen LogP contribution in [0.2, 0.25) is 0 Å². The maximum absolute atomic E-state index is 3.35. The number of allylic oxidation sites excluding steroid dienone is 1. The van der Waals surface area contributed by atoms with Crippen molar-refractivity contribution in [2.24, 2.45) is 0 Å². The van der Waals surface area contributed by atoms with Crippen molar-refractivity contribution in [3.63, 3.8) is 0 Å². The molecule has 1 heterocycles. The van der Waals surface area contributed by atoms with E-state index in [1.165, 1.54) is 5.70 Å². The molecular weight excluding hydrogens is 184 g/mol. The molecule has 0 aliphatic carbocycles. The van der Waals surface area contributed by atoms with E-state index in [2.05, 4.69) is 44.1 Å². The second-order valence-electron chi connectivity index (χ2n) is 3.38. The van der Waals surface area contributed by atoms with Crippen molar-refractivity contribution in [3.8, 4) is 0 Å². The molecule has 1 aliphatic rings. The maximum atomic E-state index is 3.35. The Morgan fingerprint density at radius 3 is 2.00 bits per heavy atom. The molecule has 0 amide bonds. The topological polar surface area (TPSA) is 15.3 Å². The van der Waals surface area contributed by atoms with E-state index in [1.807, 2.05) is 27.7 Å². The molecule has 0 spiro atoms. The van der Waals surface area contributed by atoms with Gasteiger partial charge in [0.15, 0.2) is 0 Å². The summed E-state index contributed by atoms with van der Waals surface area (Å²) in [6.45, 7) is 16.8. The van der Waals surface area contributed by atoms with Crippen LogP contribution in [0.25, 0.3) is 0 Å². The molecule has 1 N–H and O–H groups in total. The van der Waals surface area contributed by atoms with Crippen LogP contribution in [-0.2, 0) is 0 Å². The van der Waals surface area contributed by atoms with Crippen LogP contribution >= 0.6 is 0 Å². The van der Waals surface area contributed by atoms with Crippen LogP contribution in [-0.4, -0.2) is 17.1 Å². The highest BCUT2D eigenvalue weighted by molar-refractivity contribution is 5.06. The van der Waals surface area contributed by atoms with E-state index < -0.39 is 0 Å². The molecule has 0 bridgehead atoms. The molecule has 0 saturated carbocycles. The second-order valence-corrected chi connectivity index (χ2v) is 3.38. The van der Waals surface area contributed by atoms with Crippen molar-refractivity contribution in [3.05, 3.63) is 11.9 Å². The van der Waals surface area contributed by atoms with Crippen molar-refractivity contribution >= 4 is 0 Å². The minimum atomic E-state index is 0.523. The third-order valence-electron chi connectivity index (χ3n) is 2.17. The van der Waals surface area contributed by atoms with Crippen LogP contribution in [0.1, 0.15) is 61.8 Å². The summed E-state index contributed by atoms with van der Waals surface area (Å²) < 4.78 is 0. The van der Waals surface area contributed by atoms with Gasteiger partial charge in [0, 0.05) is 17.9 Å². The van der Waals surface area contributed by atoms with E-state index in [1.54, 1.807) is 0 Å². The summed E-state index contributed by atoms with van der Waals surface area (Å²) in [4.78, 5) is 2.42. The summed E-state index contributed by atoms with van der Waals surface area (Å²) in [5, 5.41) is 3.35. The predicted octanol–water partition coefficient (Wildman–Crippen LogP) is 3.95. The van der Waals surface area contributed by atoms with Crippen molar-refractivity contribution < 1.29 is 0 Å². The first-order valence-corrected chi connectivity index (χ1v) is 6.38. The largest absolute Gasteiger partial charge is 0.370 e. The summed E-state index contributed by atoms with van der Waals surface area (Å²) >= 11 is 0. The Kier molecular flexibility index (Phi) is 11.0. The van der Waals surface area contributed by atoms with Crippen molar-refractivity contribution in [1.82, 2.24) is 10.2 Å². The zero-order valence-electron chi connectivity index (χ0n) is 11.9. The Labute approximate surface area is 96.7 Å². The van der Waals surface area contributed by atoms with Crippen LogP contribution in [0.4, 0.5) is 0 Å². The summed E-state index contributed by atoms with van der Waals surface area (Å²) in [5.41, 5.74) is 1.35. The summed E-state index contributed by atoms with van der Waals surface area (Å²) in [7, 11) is 0. The minimum Gasteiger partial charge on any atom is -0.370 e. The van der Waals surface area contributed by atoms with E-state index in [9.17, 15) is 0 Å². The van der Waals surface area contributed by atoms with Gasteiger partial charge in [-0.25, -0.2) is 0 Å². The average Bonchev–Trinajstić information content (AvgIpc) is 2.65. The number of hydrogen-bond donors (Lipinski definition) is 1. The van der Waals surface area contributed by atoms with Crippen LogP contribution in [0.3, 0.4) is 0 Å². The Morgan fingerprint density at radius 1 is 1.27 bits per heavy atom. The summed E-state index contributed by atoms with van der Waals surface area (Å²) in [6, 6.07) is 0.603.